The number of aromatic nitrogens is 1. The van der Waals surface area contributed by atoms with Crippen LogP contribution in [0, 0.1) is 0 Å². The Morgan fingerprint density at radius 1 is 1.27 bits per heavy atom. The molecule has 0 atom stereocenters. The summed E-state index contributed by atoms with van der Waals surface area (Å²) < 4.78 is 11.1. The molecule has 1 aliphatic heterocycles. The third-order valence-electron chi connectivity index (χ3n) is 3.63. The van der Waals surface area contributed by atoms with E-state index in [-0.39, 0.29) is 4.91 Å². The number of rotatable bonds is 4. The number of nitrogens with zero attached hydrogens (tertiary/aromatic N) is 1. The molecule has 7 nitrogen and oxygen atoms in total. The van der Waals surface area contributed by atoms with Gasteiger partial charge in [-0.25, -0.2) is 4.98 Å². The van der Waals surface area contributed by atoms with Crippen LogP contribution < -0.4 is 25.7 Å². The van der Waals surface area contributed by atoms with E-state index in [2.05, 4.69) is 10.3 Å². The van der Waals surface area contributed by atoms with Gasteiger partial charge in [0.15, 0.2) is 11.5 Å². The molecule has 9 heteroatoms. The Bertz CT molecular complexity index is 867. The molecular formula is C17H17ClN4O3S. The SMILES string of the molecule is C/C(N)=C(/SN)C(=O)Nc1ccc(-c2cc3c(cc2Cl)OCCO3)cn1. The van der Waals surface area contributed by atoms with Gasteiger partial charge in [0, 0.05) is 29.1 Å². The first-order chi connectivity index (χ1) is 12.5. The summed E-state index contributed by atoms with van der Waals surface area (Å²) >= 11 is 7.14. The number of pyridine rings is 1. The maximum absolute atomic E-state index is 12.1. The van der Waals surface area contributed by atoms with Crippen molar-refractivity contribution in [2.45, 2.75) is 6.92 Å². The van der Waals surface area contributed by atoms with Crippen molar-refractivity contribution in [3.63, 3.8) is 0 Å². The van der Waals surface area contributed by atoms with E-state index in [4.69, 9.17) is 31.9 Å². The van der Waals surface area contributed by atoms with Gasteiger partial charge in [0.1, 0.15) is 23.9 Å². The highest BCUT2D eigenvalue weighted by atomic mass is 35.5. The lowest BCUT2D eigenvalue weighted by Crippen LogP contribution is -2.17. The van der Waals surface area contributed by atoms with E-state index in [0.29, 0.717) is 41.3 Å². The van der Waals surface area contributed by atoms with E-state index in [1.54, 1.807) is 31.3 Å². The van der Waals surface area contributed by atoms with Crippen LogP contribution in [0.5, 0.6) is 11.5 Å². The van der Waals surface area contributed by atoms with Gasteiger partial charge in [-0.3, -0.25) is 9.93 Å². The Morgan fingerprint density at radius 2 is 1.96 bits per heavy atom. The van der Waals surface area contributed by atoms with Gasteiger partial charge in [-0.05, 0) is 37.1 Å². The molecule has 2 heterocycles. The maximum atomic E-state index is 12.1. The average Bonchev–Trinajstić information content (AvgIpc) is 2.62. The van der Waals surface area contributed by atoms with Crippen molar-refractivity contribution >= 4 is 35.3 Å². The molecule has 0 saturated heterocycles. The molecule has 0 bridgehead atoms. The summed E-state index contributed by atoms with van der Waals surface area (Å²) in [7, 11) is 0. The minimum atomic E-state index is -0.407. The number of fused-ring (bicyclic) bond motifs is 1. The van der Waals surface area contributed by atoms with Crippen molar-refractivity contribution in [3.05, 3.63) is 46.1 Å². The van der Waals surface area contributed by atoms with Crippen molar-refractivity contribution in [2.75, 3.05) is 18.5 Å². The number of amides is 1. The summed E-state index contributed by atoms with van der Waals surface area (Å²) in [5.74, 6) is 1.23. The Morgan fingerprint density at radius 3 is 2.54 bits per heavy atom. The summed E-state index contributed by atoms with van der Waals surface area (Å²) in [6, 6.07) is 7.01. The first kappa shape index (κ1) is 18.4. The Kier molecular flexibility index (Phi) is 5.55. The second kappa shape index (κ2) is 7.86. The van der Waals surface area contributed by atoms with E-state index < -0.39 is 5.91 Å². The number of nitrogens with one attached hydrogen (secondary N) is 1. The lowest BCUT2D eigenvalue weighted by Gasteiger charge is -2.19. The Labute approximate surface area is 159 Å². The molecular weight excluding hydrogens is 376 g/mol. The maximum Gasteiger partial charge on any atom is 0.266 e. The number of carbonyl (C=O) groups is 1. The van der Waals surface area contributed by atoms with Crippen LogP contribution in [0.4, 0.5) is 5.82 Å². The molecule has 1 aliphatic rings. The predicted molar refractivity (Wildman–Crippen MR) is 103 cm³/mol. The molecule has 1 aromatic carbocycles. The van der Waals surface area contributed by atoms with Gasteiger partial charge in [-0.15, -0.1) is 0 Å². The number of nitrogens with two attached hydrogens (primary N) is 2. The summed E-state index contributed by atoms with van der Waals surface area (Å²) in [6.07, 6.45) is 1.61. The number of ether oxygens (including phenoxy) is 2. The number of halogens is 1. The van der Waals surface area contributed by atoms with Gasteiger partial charge in [-0.2, -0.15) is 0 Å². The molecule has 0 fully saturated rings. The average molecular weight is 393 g/mol. The monoisotopic (exact) mass is 392 g/mol. The third-order valence-corrected chi connectivity index (χ3v) is 4.69. The van der Waals surface area contributed by atoms with Crippen LogP contribution in [0.15, 0.2) is 41.1 Å². The van der Waals surface area contributed by atoms with Crippen LogP contribution in [-0.2, 0) is 4.79 Å². The van der Waals surface area contributed by atoms with Gasteiger partial charge in [-0.1, -0.05) is 11.6 Å². The standard InChI is InChI=1S/C17H17ClN4O3S/c1-9(19)16(26-20)17(23)22-15-3-2-10(8-21-15)11-6-13-14(7-12(11)18)25-5-4-24-13/h2-3,6-8H,4-5,19-20H2,1H3,(H,21,22,23)/b16-9-. The zero-order valence-corrected chi connectivity index (χ0v) is 15.5. The normalized spacial score (nSPS) is 13.8. The second-order valence-corrected chi connectivity index (χ2v) is 6.54. The number of hydrogen-bond donors (Lipinski definition) is 3. The topological polar surface area (TPSA) is 112 Å². The fourth-order valence-corrected chi connectivity index (χ4v) is 3.02. The van der Waals surface area contributed by atoms with E-state index >= 15 is 0 Å². The van der Waals surface area contributed by atoms with Crippen molar-refractivity contribution in [3.8, 4) is 22.6 Å². The summed E-state index contributed by atoms with van der Waals surface area (Å²) in [4.78, 5) is 16.6. The molecule has 2 aromatic rings. The van der Waals surface area contributed by atoms with Gasteiger partial charge in [0.25, 0.3) is 5.91 Å². The van der Waals surface area contributed by atoms with Gasteiger partial charge in [0.2, 0.25) is 0 Å². The van der Waals surface area contributed by atoms with Crippen molar-refractivity contribution in [1.29, 1.82) is 0 Å². The van der Waals surface area contributed by atoms with E-state index in [1.165, 1.54) is 0 Å². The minimum absolute atomic E-state index is 0.241. The summed E-state index contributed by atoms with van der Waals surface area (Å²) in [6.45, 7) is 2.60. The highest BCUT2D eigenvalue weighted by molar-refractivity contribution is 8.01. The summed E-state index contributed by atoms with van der Waals surface area (Å²) in [5.41, 5.74) is 7.52. The van der Waals surface area contributed by atoms with Crippen molar-refractivity contribution < 1.29 is 14.3 Å². The molecule has 5 N–H and O–H groups in total. The van der Waals surface area contributed by atoms with Crippen molar-refractivity contribution in [1.82, 2.24) is 4.98 Å². The van der Waals surface area contributed by atoms with Crippen LogP contribution in [0.3, 0.4) is 0 Å². The minimum Gasteiger partial charge on any atom is -0.486 e. The molecule has 0 saturated carbocycles. The lowest BCUT2D eigenvalue weighted by molar-refractivity contribution is -0.112. The van der Waals surface area contributed by atoms with Crippen LogP contribution in [0.25, 0.3) is 11.1 Å². The number of hydrogen-bond acceptors (Lipinski definition) is 7. The zero-order chi connectivity index (χ0) is 18.7. The zero-order valence-electron chi connectivity index (χ0n) is 13.9. The Hall–Kier alpha value is -2.42. The number of allylic oxidation sites excluding steroid dienone is 1. The quantitative estimate of drug-likeness (QED) is 0.541. The number of anilines is 1. The first-order valence-electron chi connectivity index (χ1n) is 7.69. The highest BCUT2D eigenvalue weighted by Gasteiger charge is 2.17. The molecule has 26 heavy (non-hydrogen) atoms. The number of benzene rings is 1. The van der Waals surface area contributed by atoms with Gasteiger partial charge >= 0.3 is 0 Å². The molecule has 1 aromatic heterocycles. The molecule has 3 rings (SSSR count). The van der Waals surface area contributed by atoms with Crippen LogP contribution >= 0.6 is 23.5 Å². The highest BCUT2D eigenvalue weighted by Crippen LogP contribution is 2.39. The smallest absolute Gasteiger partial charge is 0.266 e. The van der Waals surface area contributed by atoms with Gasteiger partial charge < -0.3 is 20.5 Å². The Balaban J connectivity index is 1.82. The second-order valence-electron chi connectivity index (χ2n) is 5.49. The number of carbonyl (C=O) groups excluding carboxylic acids is 1. The molecule has 136 valence electrons. The van der Waals surface area contributed by atoms with Crippen LogP contribution in [-0.4, -0.2) is 24.1 Å². The molecule has 0 radical (unpaired) electrons. The lowest BCUT2D eigenvalue weighted by atomic mass is 10.1. The van der Waals surface area contributed by atoms with E-state index in [0.717, 1.165) is 23.1 Å². The van der Waals surface area contributed by atoms with Gasteiger partial charge in [0.05, 0.1) is 5.02 Å². The van der Waals surface area contributed by atoms with Crippen LogP contribution in [0.1, 0.15) is 6.92 Å². The van der Waals surface area contributed by atoms with E-state index in [1.807, 2.05) is 6.07 Å². The van der Waals surface area contributed by atoms with Crippen molar-refractivity contribution in [2.24, 2.45) is 10.9 Å². The largest absolute Gasteiger partial charge is 0.486 e. The predicted octanol–water partition coefficient (Wildman–Crippen LogP) is 2.91. The molecule has 0 unspecified atom stereocenters. The molecule has 0 spiro atoms. The third kappa shape index (κ3) is 3.87. The molecule has 0 aliphatic carbocycles. The molecule has 1 amide bonds. The van der Waals surface area contributed by atoms with Crippen LogP contribution in [0.2, 0.25) is 5.02 Å². The first-order valence-corrected chi connectivity index (χ1v) is 8.95. The summed E-state index contributed by atoms with van der Waals surface area (Å²) in [5, 5.41) is 8.64. The fraction of sp³-hybridized carbons (Fsp3) is 0.176. The fourth-order valence-electron chi connectivity index (χ4n) is 2.41. The van der Waals surface area contributed by atoms with E-state index in [9.17, 15) is 4.79 Å².